The van der Waals surface area contributed by atoms with E-state index in [-0.39, 0.29) is 6.54 Å². The van der Waals surface area contributed by atoms with E-state index in [0.717, 1.165) is 0 Å². The van der Waals surface area contributed by atoms with E-state index in [1.807, 2.05) is 0 Å². The summed E-state index contributed by atoms with van der Waals surface area (Å²) >= 11 is 5.55. The van der Waals surface area contributed by atoms with Crippen molar-refractivity contribution < 1.29 is 5.03 Å². The number of hydrazine groups is 1. The summed E-state index contributed by atoms with van der Waals surface area (Å²) in [5.41, 5.74) is 5.58. The molecule has 1 aromatic heterocycles. The smallest absolute Gasteiger partial charge is 0.252 e. The fraction of sp³-hybridized carbons (Fsp3) is 0.143. The summed E-state index contributed by atoms with van der Waals surface area (Å²) in [6.07, 6.45) is 1.39. The Labute approximate surface area is 90.1 Å². The van der Waals surface area contributed by atoms with Gasteiger partial charge in [-0.2, -0.15) is 0 Å². The molecule has 3 N–H and O–H groups in total. The lowest BCUT2D eigenvalue weighted by atomic mass is 10.3. The number of hydrogen-bond donors (Lipinski definition) is 2. The second-order valence-corrected chi connectivity index (χ2v) is 3.06. The number of halogens is 1. The third kappa shape index (κ3) is 3.06. The lowest BCUT2D eigenvalue weighted by Gasteiger charge is -2.10. The van der Waals surface area contributed by atoms with Crippen LogP contribution >= 0.6 is 11.6 Å². The highest BCUT2D eigenvalue weighted by molar-refractivity contribution is 6.29. The molecule has 15 heavy (non-hydrogen) atoms. The number of nitrogens with two attached hydrogens (primary N) is 1. The van der Waals surface area contributed by atoms with E-state index in [1.54, 1.807) is 6.07 Å². The van der Waals surface area contributed by atoms with Gasteiger partial charge in [-0.05, 0) is 11.6 Å². The van der Waals surface area contributed by atoms with Crippen LogP contribution in [-0.4, -0.2) is 21.0 Å². The second-order valence-electron chi connectivity index (χ2n) is 2.67. The first-order valence-electron chi connectivity index (χ1n) is 3.87. The summed E-state index contributed by atoms with van der Waals surface area (Å²) in [5.74, 6) is -0.630. The van der Waals surface area contributed by atoms with Gasteiger partial charge in [0, 0.05) is 6.20 Å². The van der Waals surface area contributed by atoms with Crippen LogP contribution in [-0.2, 0) is 6.54 Å². The maximum atomic E-state index is 10.5. The van der Waals surface area contributed by atoms with Crippen LogP contribution in [0.1, 0.15) is 5.56 Å². The van der Waals surface area contributed by atoms with Gasteiger partial charge in [0.15, 0.2) is 5.03 Å². The Balaban J connectivity index is 2.79. The molecule has 0 aliphatic carbocycles. The van der Waals surface area contributed by atoms with Crippen molar-refractivity contribution in [1.82, 2.24) is 9.99 Å². The molecule has 0 aromatic carbocycles. The van der Waals surface area contributed by atoms with Crippen LogP contribution in [0.4, 0.5) is 0 Å². The van der Waals surface area contributed by atoms with E-state index >= 15 is 0 Å². The van der Waals surface area contributed by atoms with Crippen LogP contribution in [0.3, 0.4) is 0 Å². The topological polar surface area (TPSA) is 109 Å². The minimum absolute atomic E-state index is 0.119. The molecule has 1 heterocycles. The van der Waals surface area contributed by atoms with Gasteiger partial charge in [0.1, 0.15) is 11.7 Å². The normalized spacial score (nSPS) is 9.67. The molecule has 0 bridgehead atoms. The number of guanidine groups is 1. The van der Waals surface area contributed by atoms with Gasteiger partial charge in [-0.3, -0.25) is 5.41 Å². The Morgan fingerprint density at radius 2 is 2.40 bits per heavy atom. The van der Waals surface area contributed by atoms with Gasteiger partial charge in [0.2, 0.25) is 0 Å². The summed E-state index contributed by atoms with van der Waals surface area (Å²) in [7, 11) is 0. The minimum Gasteiger partial charge on any atom is -0.365 e. The summed E-state index contributed by atoms with van der Waals surface area (Å²) in [4.78, 5) is 14.2. The van der Waals surface area contributed by atoms with E-state index in [2.05, 4.69) is 4.98 Å². The third-order valence-corrected chi connectivity index (χ3v) is 1.82. The van der Waals surface area contributed by atoms with Crippen LogP contribution in [0, 0.1) is 15.5 Å². The minimum atomic E-state index is -0.753. The number of aromatic nitrogens is 1. The van der Waals surface area contributed by atoms with Gasteiger partial charge in [-0.25, -0.2) is 15.1 Å². The zero-order chi connectivity index (χ0) is 11.4. The van der Waals surface area contributed by atoms with Crippen molar-refractivity contribution in [2.24, 2.45) is 5.73 Å². The highest BCUT2D eigenvalue weighted by atomic mass is 35.5. The van der Waals surface area contributed by atoms with Gasteiger partial charge in [-0.1, -0.05) is 22.7 Å². The largest absolute Gasteiger partial charge is 0.365 e. The van der Waals surface area contributed by atoms with E-state index in [4.69, 9.17) is 22.7 Å². The Morgan fingerprint density at radius 1 is 1.73 bits per heavy atom. The Kier molecular flexibility index (Phi) is 3.40. The molecular weight excluding hydrogens is 222 g/mol. The van der Waals surface area contributed by atoms with Gasteiger partial charge in [-0.15, -0.1) is 0 Å². The van der Waals surface area contributed by atoms with E-state index in [9.17, 15) is 10.1 Å². The molecule has 0 aliphatic heterocycles. The number of pyridine rings is 1. The summed E-state index contributed by atoms with van der Waals surface area (Å²) in [6, 6.07) is 3.09. The molecule has 0 amide bonds. The van der Waals surface area contributed by atoms with E-state index in [1.165, 1.54) is 12.3 Å². The zero-order valence-electron chi connectivity index (χ0n) is 7.55. The van der Waals surface area contributed by atoms with Crippen molar-refractivity contribution in [3.63, 3.8) is 0 Å². The van der Waals surface area contributed by atoms with Crippen LogP contribution in [0.15, 0.2) is 18.3 Å². The number of nitro groups is 1. The fourth-order valence-corrected chi connectivity index (χ4v) is 1.02. The van der Waals surface area contributed by atoms with Crippen molar-refractivity contribution in [3.05, 3.63) is 39.2 Å². The molecule has 0 spiro atoms. The summed E-state index contributed by atoms with van der Waals surface area (Å²) < 4.78 is 0. The SMILES string of the molecule is N=C(N)N(Cc1ccc(Cl)nc1)[N+](=O)[O-]. The summed E-state index contributed by atoms with van der Waals surface area (Å²) in [5, 5.41) is 17.5. The lowest BCUT2D eigenvalue weighted by Crippen LogP contribution is -2.40. The molecule has 0 fully saturated rings. The van der Waals surface area contributed by atoms with Gasteiger partial charge < -0.3 is 5.73 Å². The molecule has 80 valence electrons. The van der Waals surface area contributed by atoms with Gasteiger partial charge in [0.05, 0.1) is 0 Å². The fourth-order valence-electron chi connectivity index (χ4n) is 0.904. The van der Waals surface area contributed by atoms with E-state index < -0.39 is 11.0 Å². The number of rotatable bonds is 3. The number of hydrogen-bond acceptors (Lipinski definition) is 4. The first-order valence-corrected chi connectivity index (χ1v) is 4.25. The molecular formula is C7H8ClN5O2. The Morgan fingerprint density at radius 3 is 2.80 bits per heavy atom. The molecule has 1 rings (SSSR count). The molecule has 7 nitrogen and oxygen atoms in total. The van der Waals surface area contributed by atoms with E-state index in [0.29, 0.717) is 15.7 Å². The maximum Gasteiger partial charge on any atom is 0.252 e. The molecule has 0 saturated heterocycles. The number of nitrogens with one attached hydrogen (secondary N) is 1. The van der Waals surface area contributed by atoms with Crippen LogP contribution in [0.25, 0.3) is 0 Å². The van der Waals surface area contributed by atoms with Crippen LogP contribution in [0.2, 0.25) is 5.15 Å². The average molecular weight is 230 g/mol. The van der Waals surface area contributed by atoms with Gasteiger partial charge >= 0.3 is 0 Å². The van der Waals surface area contributed by atoms with Crippen molar-refractivity contribution in [3.8, 4) is 0 Å². The molecule has 0 radical (unpaired) electrons. The zero-order valence-corrected chi connectivity index (χ0v) is 8.31. The second kappa shape index (κ2) is 4.56. The highest BCUT2D eigenvalue weighted by Gasteiger charge is 2.18. The third-order valence-electron chi connectivity index (χ3n) is 1.60. The first kappa shape index (κ1) is 11.2. The first-order chi connectivity index (χ1) is 7.00. The van der Waals surface area contributed by atoms with Crippen molar-refractivity contribution in [2.45, 2.75) is 6.54 Å². The molecule has 8 heteroatoms. The molecule has 0 atom stereocenters. The van der Waals surface area contributed by atoms with Crippen LogP contribution < -0.4 is 5.73 Å². The molecule has 0 unspecified atom stereocenters. The highest BCUT2D eigenvalue weighted by Crippen LogP contribution is 2.07. The van der Waals surface area contributed by atoms with Crippen molar-refractivity contribution in [2.75, 3.05) is 0 Å². The molecule has 1 aromatic rings. The lowest BCUT2D eigenvalue weighted by molar-refractivity contribution is -0.633. The average Bonchev–Trinajstić information content (AvgIpc) is 2.15. The monoisotopic (exact) mass is 229 g/mol. The maximum absolute atomic E-state index is 10.5. The standard InChI is InChI=1S/C7H8ClN5O2/c8-6-2-1-5(3-11-6)4-12(7(9)10)13(14)15/h1-3H,4H2,(H3,9,10). The van der Waals surface area contributed by atoms with Crippen LogP contribution in [0.5, 0.6) is 0 Å². The Bertz CT molecular complexity index is 365. The molecule has 0 aliphatic rings. The predicted molar refractivity (Wildman–Crippen MR) is 53.7 cm³/mol. The Hall–Kier alpha value is -1.89. The molecule has 0 saturated carbocycles. The predicted octanol–water partition coefficient (Wildman–Crippen LogP) is 0.622. The van der Waals surface area contributed by atoms with Crippen molar-refractivity contribution in [1.29, 1.82) is 5.41 Å². The quantitative estimate of drug-likeness (QED) is 0.260. The van der Waals surface area contributed by atoms with Gasteiger partial charge in [0.25, 0.3) is 5.96 Å². The summed E-state index contributed by atoms with van der Waals surface area (Å²) in [6.45, 7) is -0.119. The van der Waals surface area contributed by atoms with Crippen molar-refractivity contribution >= 4 is 17.6 Å². The number of nitrogens with zero attached hydrogens (tertiary/aromatic N) is 3.